The topological polar surface area (TPSA) is 46.5 Å². The number of hydrogen-bond acceptors (Lipinski definition) is 3. The minimum atomic E-state index is -0.225. The van der Waals surface area contributed by atoms with Crippen LogP contribution in [0.1, 0.15) is 49.7 Å². The molecule has 0 unspecified atom stereocenters. The number of phenolic OH excluding ortho intramolecular Hbond substituents is 1. The van der Waals surface area contributed by atoms with Gasteiger partial charge in [0.05, 0.1) is 0 Å². The first-order chi connectivity index (χ1) is 15.5. The van der Waals surface area contributed by atoms with Crippen molar-refractivity contribution in [3.8, 4) is 5.75 Å². The van der Waals surface area contributed by atoms with E-state index in [4.69, 9.17) is 9.84 Å². The van der Waals surface area contributed by atoms with E-state index in [2.05, 4.69) is 24.8 Å². The number of hydrogen-bond donors (Lipinski definition) is 1. The third-order valence-corrected chi connectivity index (χ3v) is 6.85. The molecule has 32 heavy (non-hydrogen) atoms. The first-order valence-corrected chi connectivity index (χ1v) is 11.6. The molecule has 0 spiro atoms. The van der Waals surface area contributed by atoms with Gasteiger partial charge >= 0.3 is 5.97 Å². The summed E-state index contributed by atoms with van der Waals surface area (Å²) in [4.78, 5) is 11.4. The van der Waals surface area contributed by atoms with Crippen LogP contribution in [0.2, 0.25) is 0 Å². The van der Waals surface area contributed by atoms with Gasteiger partial charge in [-0.2, -0.15) is 0 Å². The molecular weight excluding hydrogens is 396 g/mol. The molecule has 4 aliphatic rings. The maximum atomic E-state index is 11.4. The van der Waals surface area contributed by atoms with Gasteiger partial charge in [0.15, 0.2) is 0 Å². The third-order valence-electron chi connectivity index (χ3n) is 6.85. The minimum Gasteiger partial charge on any atom is -0.508 e. The SMILES string of the molecule is C=CC(=O)OC12CC3CC(CC(C3)C1)C2.Oc1ccc(C=CC=Cc2ccccc2)cc1. The normalized spacial score (nSPS) is 27.8. The van der Waals surface area contributed by atoms with Crippen molar-refractivity contribution in [3.63, 3.8) is 0 Å². The van der Waals surface area contributed by atoms with Gasteiger partial charge < -0.3 is 9.84 Å². The van der Waals surface area contributed by atoms with Crippen molar-refractivity contribution >= 4 is 18.1 Å². The van der Waals surface area contributed by atoms with Crippen molar-refractivity contribution in [3.05, 3.63) is 90.5 Å². The molecule has 0 radical (unpaired) electrons. The molecule has 0 aliphatic heterocycles. The van der Waals surface area contributed by atoms with Crippen LogP contribution in [0.4, 0.5) is 0 Å². The highest BCUT2D eigenvalue weighted by Crippen LogP contribution is 2.57. The highest BCUT2D eigenvalue weighted by atomic mass is 16.6. The number of benzene rings is 2. The molecule has 3 heteroatoms. The van der Waals surface area contributed by atoms with Crippen LogP contribution in [0.3, 0.4) is 0 Å². The summed E-state index contributed by atoms with van der Waals surface area (Å²) in [5.74, 6) is 2.55. The Labute approximate surface area is 191 Å². The van der Waals surface area contributed by atoms with Crippen molar-refractivity contribution in [2.45, 2.75) is 44.1 Å². The number of carbonyl (C=O) groups excluding carboxylic acids is 1. The summed E-state index contributed by atoms with van der Waals surface area (Å²) in [5.41, 5.74) is 2.16. The fraction of sp³-hybridized carbons (Fsp3) is 0.345. The zero-order valence-electron chi connectivity index (χ0n) is 18.5. The van der Waals surface area contributed by atoms with Crippen LogP contribution in [-0.2, 0) is 9.53 Å². The van der Waals surface area contributed by atoms with Crippen LogP contribution >= 0.6 is 0 Å². The number of rotatable bonds is 5. The summed E-state index contributed by atoms with van der Waals surface area (Å²) in [6.07, 6.45) is 16.8. The van der Waals surface area contributed by atoms with Crippen LogP contribution in [0, 0.1) is 17.8 Å². The van der Waals surface area contributed by atoms with Crippen LogP contribution < -0.4 is 0 Å². The molecule has 3 nitrogen and oxygen atoms in total. The minimum absolute atomic E-state index is 0.0972. The van der Waals surface area contributed by atoms with Gasteiger partial charge in [-0.3, -0.25) is 0 Å². The summed E-state index contributed by atoms with van der Waals surface area (Å²) < 4.78 is 5.64. The molecule has 4 saturated carbocycles. The number of phenols is 1. The lowest BCUT2D eigenvalue weighted by molar-refractivity contribution is -0.181. The van der Waals surface area contributed by atoms with Crippen LogP contribution in [0.15, 0.2) is 79.4 Å². The second-order valence-corrected chi connectivity index (χ2v) is 9.45. The van der Waals surface area contributed by atoms with E-state index in [1.165, 1.54) is 30.9 Å². The standard InChI is InChI=1S/C16H14O.C13H18O2/c17-16-12-10-15(11-13-16)9-5-4-8-14-6-2-1-3-7-14;1-2-12(14)15-13-6-9-3-10(7-13)5-11(4-9)8-13/h1-13,17H;2,9-11H,1,3-8H2. The lowest BCUT2D eigenvalue weighted by atomic mass is 9.54. The Morgan fingerprint density at radius 1 is 0.844 bits per heavy atom. The van der Waals surface area contributed by atoms with Crippen molar-refractivity contribution in [1.82, 2.24) is 0 Å². The van der Waals surface area contributed by atoms with E-state index >= 15 is 0 Å². The van der Waals surface area contributed by atoms with Crippen LogP contribution in [0.5, 0.6) is 5.75 Å². The summed E-state index contributed by atoms with van der Waals surface area (Å²) in [7, 11) is 0. The number of allylic oxidation sites excluding steroid dienone is 2. The Morgan fingerprint density at radius 2 is 1.34 bits per heavy atom. The molecular formula is C29H32O3. The molecule has 6 rings (SSSR count). The Hall–Kier alpha value is -3.07. The molecule has 1 N–H and O–H groups in total. The van der Waals surface area contributed by atoms with E-state index in [-0.39, 0.29) is 11.6 Å². The molecule has 2 aromatic carbocycles. The molecule has 4 aliphatic carbocycles. The predicted molar refractivity (Wildman–Crippen MR) is 130 cm³/mol. The van der Waals surface area contributed by atoms with E-state index in [1.807, 2.05) is 48.6 Å². The lowest BCUT2D eigenvalue weighted by Crippen LogP contribution is -2.52. The molecule has 0 heterocycles. The fourth-order valence-electron chi connectivity index (χ4n) is 5.89. The second-order valence-electron chi connectivity index (χ2n) is 9.45. The van der Waals surface area contributed by atoms with Crippen molar-refractivity contribution in [1.29, 1.82) is 0 Å². The summed E-state index contributed by atoms with van der Waals surface area (Å²) in [6, 6.07) is 17.3. The van der Waals surface area contributed by atoms with Crippen LogP contribution in [-0.4, -0.2) is 16.7 Å². The Kier molecular flexibility index (Phi) is 6.94. The Balaban J connectivity index is 0.000000154. The van der Waals surface area contributed by atoms with Gasteiger partial charge in [0, 0.05) is 6.08 Å². The zero-order valence-corrected chi connectivity index (χ0v) is 18.5. The average molecular weight is 429 g/mol. The molecule has 4 bridgehead atoms. The van der Waals surface area contributed by atoms with E-state index in [0.717, 1.165) is 42.6 Å². The van der Waals surface area contributed by atoms with E-state index in [9.17, 15) is 4.79 Å². The van der Waals surface area contributed by atoms with Gasteiger partial charge in [-0.1, -0.05) is 73.3 Å². The van der Waals surface area contributed by atoms with Crippen molar-refractivity contribution < 1.29 is 14.6 Å². The quantitative estimate of drug-likeness (QED) is 0.323. The molecule has 2 aromatic rings. The van der Waals surface area contributed by atoms with E-state index in [1.54, 1.807) is 12.1 Å². The molecule has 0 saturated heterocycles. The summed E-state index contributed by atoms with van der Waals surface area (Å²) >= 11 is 0. The monoisotopic (exact) mass is 428 g/mol. The molecule has 0 amide bonds. The van der Waals surface area contributed by atoms with Gasteiger partial charge in [-0.05, 0) is 79.5 Å². The predicted octanol–water partition coefficient (Wildman–Crippen LogP) is 6.80. The fourth-order valence-corrected chi connectivity index (χ4v) is 5.89. The van der Waals surface area contributed by atoms with Crippen molar-refractivity contribution in [2.24, 2.45) is 17.8 Å². The Bertz CT molecular complexity index is 934. The van der Waals surface area contributed by atoms with Gasteiger partial charge in [-0.15, -0.1) is 0 Å². The lowest BCUT2D eigenvalue weighted by Gasteiger charge is -2.55. The van der Waals surface area contributed by atoms with Gasteiger partial charge in [0.2, 0.25) is 0 Å². The van der Waals surface area contributed by atoms with Gasteiger partial charge in [-0.25, -0.2) is 4.79 Å². The smallest absolute Gasteiger partial charge is 0.330 e. The molecule has 166 valence electrons. The largest absolute Gasteiger partial charge is 0.508 e. The number of ether oxygens (including phenoxy) is 1. The average Bonchev–Trinajstić information content (AvgIpc) is 2.78. The van der Waals surface area contributed by atoms with Gasteiger partial charge in [0.25, 0.3) is 0 Å². The Morgan fingerprint density at radius 3 is 1.84 bits per heavy atom. The third kappa shape index (κ3) is 5.79. The number of esters is 1. The van der Waals surface area contributed by atoms with Crippen molar-refractivity contribution in [2.75, 3.05) is 0 Å². The maximum Gasteiger partial charge on any atom is 0.330 e. The summed E-state index contributed by atoms with van der Waals surface area (Å²) in [5, 5.41) is 9.14. The highest BCUT2D eigenvalue weighted by Gasteiger charge is 2.52. The first kappa shape index (κ1) is 22.1. The molecule has 0 aromatic heterocycles. The van der Waals surface area contributed by atoms with E-state index < -0.39 is 0 Å². The highest BCUT2D eigenvalue weighted by molar-refractivity contribution is 5.81. The number of aromatic hydroxyl groups is 1. The zero-order chi connectivity index (χ0) is 22.4. The van der Waals surface area contributed by atoms with Crippen LogP contribution in [0.25, 0.3) is 12.2 Å². The maximum absolute atomic E-state index is 11.4. The summed E-state index contributed by atoms with van der Waals surface area (Å²) in [6.45, 7) is 3.48. The number of carbonyl (C=O) groups is 1. The first-order valence-electron chi connectivity index (χ1n) is 11.6. The second kappa shape index (κ2) is 10.0. The molecule has 4 fully saturated rings. The van der Waals surface area contributed by atoms with E-state index in [0.29, 0.717) is 5.75 Å². The van der Waals surface area contributed by atoms with Gasteiger partial charge in [0.1, 0.15) is 11.4 Å². The molecule has 0 atom stereocenters.